The SMILES string of the molecule is CC(c1nc(C(C)(C)C)no1)N(C)CC1CCCC1O. The number of nitrogens with zero attached hydrogens (tertiary/aromatic N) is 3. The van der Waals surface area contributed by atoms with Gasteiger partial charge in [-0.05, 0) is 32.7 Å². The fourth-order valence-corrected chi connectivity index (χ4v) is 2.66. The van der Waals surface area contributed by atoms with Crippen LogP contribution >= 0.6 is 0 Å². The van der Waals surface area contributed by atoms with Crippen LogP contribution in [-0.2, 0) is 5.41 Å². The summed E-state index contributed by atoms with van der Waals surface area (Å²) in [6.45, 7) is 9.16. The summed E-state index contributed by atoms with van der Waals surface area (Å²) >= 11 is 0. The Kier molecular flexibility index (Phi) is 4.49. The molecule has 0 amide bonds. The highest BCUT2D eigenvalue weighted by Gasteiger charge is 2.29. The molecule has 20 heavy (non-hydrogen) atoms. The van der Waals surface area contributed by atoms with Gasteiger partial charge in [0, 0.05) is 12.0 Å². The first-order valence-electron chi connectivity index (χ1n) is 7.51. The number of aliphatic hydroxyl groups is 1. The zero-order valence-electron chi connectivity index (χ0n) is 13.3. The average Bonchev–Trinajstić information content (AvgIpc) is 2.97. The molecule has 5 heteroatoms. The monoisotopic (exact) mass is 281 g/mol. The van der Waals surface area contributed by atoms with E-state index in [1.54, 1.807) is 0 Å². The van der Waals surface area contributed by atoms with Gasteiger partial charge < -0.3 is 9.63 Å². The summed E-state index contributed by atoms with van der Waals surface area (Å²) in [7, 11) is 2.05. The average molecular weight is 281 g/mol. The molecule has 0 saturated heterocycles. The molecule has 114 valence electrons. The Morgan fingerprint density at radius 1 is 1.40 bits per heavy atom. The maximum absolute atomic E-state index is 9.92. The van der Waals surface area contributed by atoms with E-state index in [9.17, 15) is 5.11 Å². The molecule has 3 unspecified atom stereocenters. The topological polar surface area (TPSA) is 62.4 Å². The smallest absolute Gasteiger partial charge is 0.243 e. The summed E-state index contributed by atoms with van der Waals surface area (Å²) < 4.78 is 5.40. The highest BCUT2D eigenvalue weighted by molar-refractivity contribution is 5.02. The van der Waals surface area contributed by atoms with E-state index >= 15 is 0 Å². The van der Waals surface area contributed by atoms with Crippen LogP contribution in [0.25, 0.3) is 0 Å². The van der Waals surface area contributed by atoms with Crippen molar-refractivity contribution in [3.05, 3.63) is 11.7 Å². The van der Waals surface area contributed by atoms with Gasteiger partial charge in [-0.1, -0.05) is 32.3 Å². The van der Waals surface area contributed by atoms with Crippen LogP contribution in [0, 0.1) is 5.92 Å². The molecule has 1 aliphatic carbocycles. The van der Waals surface area contributed by atoms with Crippen LogP contribution in [0.5, 0.6) is 0 Å². The fourth-order valence-electron chi connectivity index (χ4n) is 2.66. The van der Waals surface area contributed by atoms with Crippen molar-refractivity contribution in [2.24, 2.45) is 5.92 Å². The quantitative estimate of drug-likeness (QED) is 0.919. The van der Waals surface area contributed by atoms with Crippen LogP contribution < -0.4 is 0 Å². The summed E-state index contributed by atoms with van der Waals surface area (Å²) in [5, 5.41) is 14.0. The first kappa shape index (κ1) is 15.4. The van der Waals surface area contributed by atoms with Gasteiger partial charge in [0.05, 0.1) is 12.1 Å². The van der Waals surface area contributed by atoms with Gasteiger partial charge in [0.15, 0.2) is 5.82 Å². The predicted octanol–water partition coefficient (Wildman–Crippen LogP) is 2.52. The van der Waals surface area contributed by atoms with Crippen molar-refractivity contribution in [2.75, 3.05) is 13.6 Å². The molecule has 0 aliphatic heterocycles. The first-order chi connectivity index (χ1) is 9.29. The van der Waals surface area contributed by atoms with Crippen LogP contribution in [0.15, 0.2) is 4.52 Å². The Balaban J connectivity index is 1.99. The van der Waals surface area contributed by atoms with Crippen LogP contribution in [-0.4, -0.2) is 39.8 Å². The van der Waals surface area contributed by atoms with Gasteiger partial charge in [0.2, 0.25) is 5.89 Å². The molecule has 1 N–H and O–H groups in total. The van der Waals surface area contributed by atoms with E-state index in [1.165, 1.54) is 0 Å². The first-order valence-corrected chi connectivity index (χ1v) is 7.51. The van der Waals surface area contributed by atoms with E-state index in [4.69, 9.17) is 4.52 Å². The molecule has 1 heterocycles. The minimum Gasteiger partial charge on any atom is -0.393 e. The second kappa shape index (κ2) is 5.82. The molecule has 3 atom stereocenters. The molecule has 0 bridgehead atoms. The van der Waals surface area contributed by atoms with Crippen LogP contribution in [0.1, 0.15) is 64.7 Å². The lowest BCUT2D eigenvalue weighted by Crippen LogP contribution is -2.32. The zero-order valence-corrected chi connectivity index (χ0v) is 13.3. The van der Waals surface area contributed by atoms with Gasteiger partial charge in [-0.15, -0.1) is 0 Å². The summed E-state index contributed by atoms with van der Waals surface area (Å²) in [5.74, 6) is 1.77. The predicted molar refractivity (Wildman–Crippen MR) is 77.4 cm³/mol. The lowest BCUT2D eigenvalue weighted by molar-refractivity contribution is 0.0929. The van der Waals surface area contributed by atoms with Crippen molar-refractivity contribution in [3.8, 4) is 0 Å². The normalized spacial score (nSPS) is 25.4. The minimum atomic E-state index is -0.155. The van der Waals surface area contributed by atoms with Gasteiger partial charge in [-0.25, -0.2) is 0 Å². The summed E-state index contributed by atoms with van der Waals surface area (Å²) in [5.41, 5.74) is -0.0955. The molecule has 0 aromatic carbocycles. The molecule has 2 rings (SSSR count). The van der Waals surface area contributed by atoms with Gasteiger partial charge in [-0.2, -0.15) is 4.98 Å². The highest BCUT2D eigenvalue weighted by atomic mass is 16.5. The van der Waals surface area contributed by atoms with Crippen molar-refractivity contribution in [1.82, 2.24) is 15.0 Å². The Bertz CT molecular complexity index is 439. The Morgan fingerprint density at radius 3 is 2.60 bits per heavy atom. The van der Waals surface area contributed by atoms with Crippen molar-refractivity contribution in [1.29, 1.82) is 0 Å². The molecule has 1 aromatic rings. The molecule has 1 fully saturated rings. The van der Waals surface area contributed by atoms with E-state index < -0.39 is 0 Å². The Labute approximate surface area is 121 Å². The molecule has 0 radical (unpaired) electrons. The lowest BCUT2D eigenvalue weighted by atomic mass is 9.96. The number of rotatable bonds is 4. The second-order valence-corrected chi connectivity index (χ2v) is 7.08. The summed E-state index contributed by atoms with van der Waals surface area (Å²) in [6, 6.07) is 0.0754. The Hall–Kier alpha value is -0.940. The van der Waals surface area contributed by atoms with E-state index in [-0.39, 0.29) is 17.6 Å². The maximum Gasteiger partial charge on any atom is 0.243 e. The maximum atomic E-state index is 9.92. The van der Waals surface area contributed by atoms with Crippen LogP contribution in [0.3, 0.4) is 0 Å². The van der Waals surface area contributed by atoms with E-state index in [0.29, 0.717) is 11.8 Å². The molecular weight excluding hydrogens is 254 g/mol. The Morgan fingerprint density at radius 2 is 2.10 bits per heavy atom. The van der Waals surface area contributed by atoms with Crippen LogP contribution in [0.4, 0.5) is 0 Å². The largest absolute Gasteiger partial charge is 0.393 e. The third kappa shape index (κ3) is 3.38. The summed E-state index contributed by atoms with van der Waals surface area (Å²) in [6.07, 6.45) is 3.01. The van der Waals surface area contributed by atoms with E-state index in [2.05, 4.69) is 49.8 Å². The number of hydrogen-bond donors (Lipinski definition) is 1. The van der Waals surface area contributed by atoms with Crippen molar-refractivity contribution < 1.29 is 9.63 Å². The fraction of sp³-hybridized carbons (Fsp3) is 0.867. The molecular formula is C15H27N3O2. The van der Waals surface area contributed by atoms with Gasteiger partial charge in [-0.3, -0.25) is 4.90 Å². The molecule has 0 spiro atoms. The third-order valence-electron chi connectivity index (χ3n) is 4.27. The van der Waals surface area contributed by atoms with Crippen molar-refractivity contribution in [3.63, 3.8) is 0 Å². The molecule has 1 aliphatic rings. The standard InChI is InChI=1S/C15H27N3O2/c1-10(13-16-14(17-20-13)15(2,3)4)18(5)9-11-7-6-8-12(11)19/h10-12,19H,6-9H2,1-5H3. The minimum absolute atomic E-state index is 0.0754. The second-order valence-electron chi connectivity index (χ2n) is 7.08. The third-order valence-corrected chi connectivity index (χ3v) is 4.27. The molecule has 1 aromatic heterocycles. The molecule has 1 saturated carbocycles. The van der Waals surface area contributed by atoms with Crippen molar-refractivity contribution in [2.45, 2.75) is 64.5 Å². The molecule has 5 nitrogen and oxygen atoms in total. The lowest BCUT2D eigenvalue weighted by Gasteiger charge is -2.26. The summed E-state index contributed by atoms with van der Waals surface area (Å²) in [4.78, 5) is 6.71. The number of aromatic nitrogens is 2. The van der Waals surface area contributed by atoms with Crippen LogP contribution in [0.2, 0.25) is 0 Å². The van der Waals surface area contributed by atoms with E-state index in [0.717, 1.165) is 31.6 Å². The highest BCUT2D eigenvalue weighted by Crippen LogP contribution is 2.29. The van der Waals surface area contributed by atoms with Gasteiger partial charge >= 0.3 is 0 Å². The van der Waals surface area contributed by atoms with E-state index in [1.807, 2.05) is 0 Å². The van der Waals surface area contributed by atoms with Gasteiger partial charge in [0.1, 0.15) is 0 Å². The zero-order chi connectivity index (χ0) is 14.9. The van der Waals surface area contributed by atoms with Crippen molar-refractivity contribution >= 4 is 0 Å². The van der Waals surface area contributed by atoms with Gasteiger partial charge in [0.25, 0.3) is 0 Å². The number of aliphatic hydroxyl groups excluding tert-OH is 1. The number of hydrogen-bond acceptors (Lipinski definition) is 5.